The highest BCUT2D eigenvalue weighted by Crippen LogP contribution is 2.35. The first-order chi connectivity index (χ1) is 17.3. The van der Waals surface area contributed by atoms with E-state index in [9.17, 15) is 19.2 Å². The van der Waals surface area contributed by atoms with Gasteiger partial charge in [-0.25, -0.2) is 0 Å². The molecular formula is C32H40O4. The maximum atomic E-state index is 13.6. The quantitative estimate of drug-likeness (QED) is 0.284. The van der Waals surface area contributed by atoms with Gasteiger partial charge in [-0.3, -0.25) is 19.2 Å². The zero-order chi connectivity index (χ0) is 26.1. The SMILES string of the molecule is C=C(CCC(CC(=O)CCC)C(=O)CC1C(=O)CCC(=O)C1CCC1=CC=CC1)c1ccccc1C. The second-order valence-corrected chi connectivity index (χ2v) is 10.5. The highest BCUT2D eigenvalue weighted by atomic mass is 16.1. The smallest absolute Gasteiger partial charge is 0.137 e. The number of carbonyl (C=O) groups is 4. The van der Waals surface area contributed by atoms with Crippen LogP contribution in [0.3, 0.4) is 0 Å². The molecule has 0 aliphatic heterocycles. The van der Waals surface area contributed by atoms with Gasteiger partial charge in [0.25, 0.3) is 0 Å². The Morgan fingerprint density at radius 3 is 2.44 bits per heavy atom. The van der Waals surface area contributed by atoms with Crippen LogP contribution in [0.5, 0.6) is 0 Å². The summed E-state index contributed by atoms with van der Waals surface area (Å²) in [7, 11) is 0. The number of ketones is 4. The van der Waals surface area contributed by atoms with Crippen LogP contribution >= 0.6 is 0 Å². The van der Waals surface area contributed by atoms with Gasteiger partial charge in [-0.05, 0) is 62.1 Å². The maximum absolute atomic E-state index is 13.6. The second-order valence-electron chi connectivity index (χ2n) is 10.5. The maximum Gasteiger partial charge on any atom is 0.137 e. The number of carbonyl (C=O) groups excluding carboxylic acids is 4. The summed E-state index contributed by atoms with van der Waals surface area (Å²) >= 11 is 0. The highest BCUT2D eigenvalue weighted by molar-refractivity contribution is 5.99. The van der Waals surface area contributed by atoms with Crippen LogP contribution in [0.25, 0.3) is 5.57 Å². The van der Waals surface area contributed by atoms with Gasteiger partial charge in [0.1, 0.15) is 23.1 Å². The predicted molar refractivity (Wildman–Crippen MR) is 144 cm³/mol. The van der Waals surface area contributed by atoms with Gasteiger partial charge >= 0.3 is 0 Å². The Morgan fingerprint density at radius 1 is 1.06 bits per heavy atom. The first-order valence-corrected chi connectivity index (χ1v) is 13.5. The molecular weight excluding hydrogens is 448 g/mol. The van der Waals surface area contributed by atoms with Crippen molar-refractivity contribution in [1.82, 2.24) is 0 Å². The third-order valence-electron chi connectivity index (χ3n) is 7.76. The van der Waals surface area contributed by atoms with Crippen LogP contribution in [0.15, 0.2) is 54.6 Å². The zero-order valence-corrected chi connectivity index (χ0v) is 21.9. The lowest BCUT2D eigenvalue weighted by Crippen LogP contribution is -2.38. The van der Waals surface area contributed by atoms with E-state index in [0.29, 0.717) is 25.7 Å². The number of hydrogen-bond acceptors (Lipinski definition) is 4. The van der Waals surface area contributed by atoms with E-state index in [2.05, 4.69) is 18.7 Å². The Morgan fingerprint density at radius 2 is 1.78 bits per heavy atom. The van der Waals surface area contributed by atoms with Crippen LogP contribution in [-0.2, 0) is 19.2 Å². The van der Waals surface area contributed by atoms with Gasteiger partial charge in [0.2, 0.25) is 0 Å². The molecule has 0 saturated heterocycles. The largest absolute Gasteiger partial charge is 0.300 e. The van der Waals surface area contributed by atoms with Crippen molar-refractivity contribution in [2.45, 2.75) is 84.5 Å². The number of aryl methyl sites for hydroxylation is 1. The minimum absolute atomic E-state index is 0.0226. The van der Waals surface area contributed by atoms with Crippen molar-refractivity contribution in [2.75, 3.05) is 0 Å². The normalized spacial score (nSPS) is 20.3. The van der Waals surface area contributed by atoms with Crippen LogP contribution in [0, 0.1) is 24.7 Å². The van der Waals surface area contributed by atoms with E-state index in [-0.39, 0.29) is 48.8 Å². The highest BCUT2D eigenvalue weighted by Gasteiger charge is 2.39. The summed E-state index contributed by atoms with van der Waals surface area (Å²) < 4.78 is 0. The average molecular weight is 489 g/mol. The standard InChI is InChI=1S/C32H40O4/c1-4-9-26(33)20-25(16-14-23(3)27-13-8-5-10-22(27)2)32(36)21-29-28(30(34)18-19-31(29)35)17-15-24-11-6-7-12-24/h5-8,10-11,13,25,28-29H,3-4,9,12,14-21H2,1-2H3. The molecule has 1 fully saturated rings. The number of rotatable bonds is 14. The zero-order valence-electron chi connectivity index (χ0n) is 21.9. The summed E-state index contributed by atoms with van der Waals surface area (Å²) in [6.45, 7) is 8.24. The van der Waals surface area contributed by atoms with Gasteiger partial charge in [-0.2, -0.15) is 0 Å². The molecule has 1 saturated carbocycles. The van der Waals surface area contributed by atoms with Crippen molar-refractivity contribution in [3.63, 3.8) is 0 Å². The molecule has 0 bridgehead atoms. The monoisotopic (exact) mass is 488 g/mol. The first-order valence-electron chi connectivity index (χ1n) is 13.5. The van der Waals surface area contributed by atoms with Crippen molar-refractivity contribution in [3.8, 4) is 0 Å². The summed E-state index contributed by atoms with van der Waals surface area (Å²) in [5, 5.41) is 0. The number of hydrogen-bond donors (Lipinski definition) is 0. The minimum Gasteiger partial charge on any atom is -0.300 e. The van der Waals surface area contributed by atoms with Gasteiger partial charge in [-0.15, -0.1) is 0 Å². The van der Waals surface area contributed by atoms with Crippen molar-refractivity contribution in [3.05, 3.63) is 65.8 Å². The molecule has 1 aromatic carbocycles. The van der Waals surface area contributed by atoms with Gasteiger partial charge < -0.3 is 0 Å². The molecule has 1 aromatic rings. The minimum atomic E-state index is -0.558. The Kier molecular flexibility index (Phi) is 10.3. The molecule has 3 atom stereocenters. The molecule has 0 N–H and O–H groups in total. The van der Waals surface area contributed by atoms with Crippen LogP contribution < -0.4 is 0 Å². The fraction of sp³-hybridized carbons (Fsp3) is 0.500. The van der Waals surface area contributed by atoms with E-state index in [1.54, 1.807) is 0 Å². The molecule has 0 amide bonds. The molecule has 4 heteroatoms. The molecule has 192 valence electrons. The molecule has 4 nitrogen and oxygen atoms in total. The molecule has 2 aliphatic rings. The summed E-state index contributed by atoms with van der Waals surface area (Å²) in [5.74, 6) is -1.25. The van der Waals surface area contributed by atoms with Crippen molar-refractivity contribution in [1.29, 1.82) is 0 Å². The number of Topliss-reactive ketones (excluding diaryl/α,β-unsaturated/α-hetero) is 4. The van der Waals surface area contributed by atoms with Crippen LogP contribution in [0.4, 0.5) is 0 Å². The van der Waals surface area contributed by atoms with Crippen LogP contribution in [0.2, 0.25) is 0 Å². The fourth-order valence-electron chi connectivity index (χ4n) is 5.57. The third-order valence-corrected chi connectivity index (χ3v) is 7.76. The van der Waals surface area contributed by atoms with Gasteiger partial charge in [0.15, 0.2) is 0 Å². The van der Waals surface area contributed by atoms with E-state index in [1.165, 1.54) is 5.57 Å². The Labute approximate surface area is 215 Å². The lowest BCUT2D eigenvalue weighted by molar-refractivity contribution is -0.141. The molecule has 36 heavy (non-hydrogen) atoms. The lowest BCUT2D eigenvalue weighted by atomic mass is 9.71. The van der Waals surface area contributed by atoms with Crippen molar-refractivity contribution >= 4 is 28.7 Å². The molecule has 0 spiro atoms. The molecule has 3 unspecified atom stereocenters. The van der Waals surface area contributed by atoms with E-state index < -0.39 is 17.8 Å². The molecule has 2 aliphatic carbocycles. The second kappa shape index (κ2) is 13.4. The summed E-state index contributed by atoms with van der Waals surface area (Å²) in [4.78, 5) is 51.8. The summed E-state index contributed by atoms with van der Waals surface area (Å²) in [6.07, 6.45) is 11.6. The van der Waals surface area contributed by atoms with E-state index in [1.807, 2.05) is 44.2 Å². The fourth-order valence-corrected chi connectivity index (χ4v) is 5.57. The van der Waals surface area contributed by atoms with Gasteiger partial charge in [0, 0.05) is 49.9 Å². The summed E-state index contributed by atoms with van der Waals surface area (Å²) in [5.41, 5.74) is 4.43. The number of benzene rings is 1. The molecule has 0 radical (unpaired) electrons. The Bertz CT molecular complexity index is 1060. The van der Waals surface area contributed by atoms with Crippen molar-refractivity contribution in [2.24, 2.45) is 17.8 Å². The summed E-state index contributed by atoms with van der Waals surface area (Å²) in [6, 6.07) is 8.03. The Hall–Kier alpha value is -2.88. The molecule has 3 rings (SSSR count). The predicted octanol–water partition coefficient (Wildman–Crippen LogP) is 6.95. The lowest BCUT2D eigenvalue weighted by Gasteiger charge is -2.30. The third kappa shape index (κ3) is 7.56. The number of allylic oxidation sites excluding steroid dienone is 5. The first kappa shape index (κ1) is 27.7. The van der Waals surface area contributed by atoms with Gasteiger partial charge in [0.05, 0.1) is 0 Å². The van der Waals surface area contributed by atoms with Crippen LogP contribution in [-0.4, -0.2) is 23.1 Å². The van der Waals surface area contributed by atoms with E-state index >= 15 is 0 Å². The van der Waals surface area contributed by atoms with E-state index in [0.717, 1.165) is 36.0 Å². The topological polar surface area (TPSA) is 68.3 Å². The van der Waals surface area contributed by atoms with E-state index in [4.69, 9.17) is 0 Å². The average Bonchev–Trinajstić information content (AvgIpc) is 3.37. The Balaban J connectivity index is 1.70. The van der Waals surface area contributed by atoms with Crippen molar-refractivity contribution < 1.29 is 19.2 Å². The molecule has 0 aromatic heterocycles. The van der Waals surface area contributed by atoms with Gasteiger partial charge in [-0.1, -0.05) is 61.6 Å². The van der Waals surface area contributed by atoms with Crippen LogP contribution in [0.1, 0.15) is 88.7 Å². The molecule has 0 heterocycles.